The zero-order valence-corrected chi connectivity index (χ0v) is 13.2. The molecule has 0 spiro atoms. The molecule has 20 heavy (non-hydrogen) atoms. The van der Waals surface area contributed by atoms with Crippen LogP contribution >= 0.6 is 0 Å². The van der Waals surface area contributed by atoms with Crippen LogP contribution in [0.4, 0.5) is 0 Å². The van der Waals surface area contributed by atoms with Gasteiger partial charge in [0.2, 0.25) is 15.9 Å². The Hall–Kier alpha value is -0.700. The molecule has 1 unspecified atom stereocenters. The minimum atomic E-state index is -3.18. The van der Waals surface area contributed by atoms with Gasteiger partial charge in [0.25, 0.3) is 0 Å². The molecule has 1 rings (SSSR count). The summed E-state index contributed by atoms with van der Waals surface area (Å²) in [5, 5.41) is 10.5. The second-order valence-corrected chi connectivity index (χ2v) is 7.57. The quantitative estimate of drug-likeness (QED) is 0.646. The van der Waals surface area contributed by atoms with E-state index in [0.29, 0.717) is 26.1 Å². The monoisotopic (exact) mass is 307 g/mol. The van der Waals surface area contributed by atoms with Gasteiger partial charge in [0.1, 0.15) is 0 Å². The van der Waals surface area contributed by atoms with E-state index in [9.17, 15) is 18.3 Å². The van der Waals surface area contributed by atoms with Gasteiger partial charge in [-0.3, -0.25) is 9.69 Å². The molecule has 1 aliphatic rings. The summed E-state index contributed by atoms with van der Waals surface area (Å²) in [5.74, 6) is -0.0939. The largest absolute Gasteiger partial charge is 0.388 e. The number of amides is 1. The van der Waals surface area contributed by atoms with E-state index in [4.69, 9.17) is 0 Å². The van der Waals surface area contributed by atoms with Gasteiger partial charge in [-0.25, -0.2) is 13.1 Å². The number of likely N-dealkylation sites (tertiary alicyclic amines) is 1. The number of hydrogen-bond donors (Lipinski definition) is 2. The first kappa shape index (κ1) is 17.4. The van der Waals surface area contributed by atoms with Gasteiger partial charge in [0.05, 0.1) is 18.3 Å². The molecule has 7 nitrogen and oxygen atoms in total. The first-order valence-electron chi connectivity index (χ1n) is 6.71. The van der Waals surface area contributed by atoms with Crippen molar-refractivity contribution in [1.82, 2.24) is 14.5 Å². The molecule has 1 aliphatic heterocycles. The third-order valence-electron chi connectivity index (χ3n) is 3.41. The van der Waals surface area contributed by atoms with Crippen LogP contribution in [0.3, 0.4) is 0 Å². The second-order valence-electron chi connectivity index (χ2n) is 5.74. The van der Waals surface area contributed by atoms with E-state index in [2.05, 4.69) is 4.72 Å². The van der Waals surface area contributed by atoms with Gasteiger partial charge in [-0.15, -0.1) is 0 Å². The molecule has 0 bridgehead atoms. The maximum absolute atomic E-state index is 11.7. The molecule has 1 heterocycles. The fourth-order valence-electron chi connectivity index (χ4n) is 2.37. The van der Waals surface area contributed by atoms with Gasteiger partial charge in [-0.2, -0.15) is 0 Å². The molecule has 1 fully saturated rings. The maximum Gasteiger partial charge on any atom is 0.224 e. The first-order chi connectivity index (χ1) is 9.11. The van der Waals surface area contributed by atoms with Crippen LogP contribution in [0, 0.1) is 0 Å². The number of carbonyl (C=O) groups excluding carboxylic acids is 1. The highest BCUT2D eigenvalue weighted by molar-refractivity contribution is 7.88. The van der Waals surface area contributed by atoms with Gasteiger partial charge in [0.15, 0.2) is 0 Å². The van der Waals surface area contributed by atoms with E-state index >= 15 is 0 Å². The molecule has 0 radical (unpaired) electrons. The molecule has 0 aromatic rings. The van der Waals surface area contributed by atoms with Crippen molar-refractivity contribution < 1.29 is 18.3 Å². The second kappa shape index (κ2) is 6.84. The molecule has 118 valence electrons. The van der Waals surface area contributed by atoms with E-state index in [1.807, 2.05) is 4.90 Å². The van der Waals surface area contributed by atoms with E-state index in [0.717, 1.165) is 19.2 Å². The van der Waals surface area contributed by atoms with Crippen LogP contribution in [0.15, 0.2) is 0 Å². The van der Waals surface area contributed by atoms with Crippen LogP contribution < -0.4 is 4.72 Å². The van der Waals surface area contributed by atoms with E-state index < -0.39 is 15.6 Å². The fraction of sp³-hybridized carbons (Fsp3) is 0.917. The van der Waals surface area contributed by atoms with E-state index in [1.54, 1.807) is 14.1 Å². The lowest BCUT2D eigenvalue weighted by Crippen LogP contribution is -2.51. The fourth-order valence-corrected chi connectivity index (χ4v) is 2.83. The number of nitrogens with one attached hydrogen (secondary N) is 1. The summed E-state index contributed by atoms with van der Waals surface area (Å²) in [4.78, 5) is 15.2. The third kappa shape index (κ3) is 6.17. The Balaban J connectivity index is 2.47. The Kier molecular flexibility index (Phi) is 5.93. The van der Waals surface area contributed by atoms with Crippen LogP contribution in [0.25, 0.3) is 0 Å². The Bertz CT molecular complexity index is 438. The van der Waals surface area contributed by atoms with Gasteiger partial charge in [-0.05, 0) is 19.4 Å². The standard InChI is InChI=1S/C12H25N3O4S/c1-14(2)11(16)9-12(17)5-4-7-15(10-12)8-6-13-20(3,18)19/h13,17H,4-10H2,1-3H3. The Morgan fingerprint density at radius 1 is 1.45 bits per heavy atom. The molecular formula is C12H25N3O4S. The Labute approximate surface area is 121 Å². The molecule has 0 aliphatic carbocycles. The summed E-state index contributed by atoms with van der Waals surface area (Å²) in [6, 6.07) is 0. The predicted octanol–water partition coefficient (Wildman–Crippen LogP) is -1.16. The summed E-state index contributed by atoms with van der Waals surface area (Å²) in [7, 11) is 0.154. The van der Waals surface area contributed by atoms with Gasteiger partial charge < -0.3 is 10.0 Å². The van der Waals surface area contributed by atoms with Crippen molar-refractivity contribution in [2.24, 2.45) is 0 Å². The number of hydrogen-bond acceptors (Lipinski definition) is 5. The van der Waals surface area contributed by atoms with Crippen LogP contribution in [0.5, 0.6) is 0 Å². The van der Waals surface area contributed by atoms with Crippen molar-refractivity contribution in [2.75, 3.05) is 46.5 Å². The van der Waals surface area contributed by atoms with Crippen molar-refractivity contribution in [3.63, 3.8) is 0 Å². The van der Waals surface area contributed by atoms with Gasteiger partial charge in [0, 0.05) is 33.7 Å². The number of aliphatic hydroxyl groups is 1. The molecular weight excluding hydrogens is 282 g/mol. The number of sulfonamides is 1. The Morgan fingerprint density at radius 3 is 2.65 bits per heavy atom. The summed E-state index contributed by atoms with van der Waals surface area (Å²) >= 11 is 0. The molecule has 0 saturated carbocycles. The van der Waals surface area contributed by atoms with Crippen LogP contribution in [0.1, 0.15) is 19.3 Å². The van der Waals surface area contributed by atoms with Crippen molar-refractivity contribution >= 4 is 15.9 Å². The van der Waals surface area contributed by atoms with E-state index in [1.165, 1.54) is 4.90 Å². The van der Waals surface area contributed by atoms with Gasteiger partial charge >= 0.3 is 0 Å². The first-order valence-corrected chi connectivity index (χ1v) is 8.60. The maximum atomic E-state index is 11.7. The predicted molar refractivity (Wildman–Crippen MR) is 76.8 cm³/mol. The third-order valence-corrected chi connectivity index (χ3v) is 4.13. The number of piperidine rings is 1. The average Bonchev–Trinajstić information content (AvgIpc) is 2.26. The molecule has 0 aromatic heterocycles. The minimum absolute atomic E-state index is 0.0939. The number of rotatable bonds is 6. The topological polar surface area (TPSA) is 90.0 Å². The number of carbonyl (C=O) groups is 1. The molecule has 0 aromatic carbocycles. The number of nitrogens with zero attached hydrogens (tertiary/aromatic N) is 2. The summed E-state index contributed by atoms with van der Waals surface area (Å²) in [5.41, 5.74) is -1.01. The van der Waals surface area contributed by atoms with Crippen molar-refractivity contribution in [1.29, 1.82) is 0 Å². The summed E-state index contributed by atoms with van der Waals surface area (Å²) in [6.45, 7) is 2.06. The average molecular weight is 307 g/mol. The zero-order chi connectivity index (χ0) is 15.4. The zero-order valence-electron chi connectivity index (χ0n) is 12.4. The highest BCUT2D eigenvalue weighted by Gasteiger charge is 2.35. The van der Waals surface area contributed by atoms with Crippen LogP contribution in [0.2, 0.25) is 0 Å². The lowest BCUT2D eigenvalue weighted by Gasteiger charge is -2.39. The van der Waals surface area contributed by atoms with Gasteiger partial charge in [-0.1, -0.05) is 0 Å². The van der Waals surface area contributed by atoms with Crippen LogP contribution in [-0.4, -0.2) is 81.4 Å². The molecule has 1 atom stereocenters. The Morgan fingerprint density at radius 2 is 2.10 bits per heavy atom. The van der Waals surface area contributed by atoms with Crippen molar-refractivity contribution in [3.8, 4) is 0 Å². The molecule has 2 N–H and O–H groups in total. The van der Waals surface area contributed by atoms with Crippen molar-refractivity contribution in [3.05, 3.63) is 0 Å². The van der Waals surface area contributed by atoms with Crippen LogP contribution in [-0.2, 0) is 14.8 Å². The highest BCUT2D eigenvalue weighted by atomic mass is 32.2. The summed E-state index contributed by atoms with van der Waals surface area (Å²) < 4.78 is 24.4. The normalized spacial score (nSPS) is 24.6. The molecule has 1 saturated heterocycles. The van der Waals surface area contributed by atoms with E-state index in [-0.39, 0.29) is 12.3 Å². The smallest absolute Gasteiger partial charge is 0.224 e. The molecule has 1 amide bonds. The number of β-amino-alcohol motifs (C(OH)–C–C–N with tert-alkyl or cyclic N) is 1. The SMILES string of the molecule is CN(C)C(=O)CC1(O)CCCN(CCNS(C)(=O)=O)C1. The lowest BCUT2D eigenvalue weighted by atomic mass is 9.89. The minimum Gasteiger partial charge on any atom is -0.388 e. The highest BCUT2D eigenvalue weighted by Crippen LogP contribution is 2.24. The molecule has 8 heteroatoms. The lowest BCUT2D eigenvalue weighted by molar-refractivity contribution is -0.136. The van der Waals surface area contributed by atoms with Crippen molar-refractivity contribution in [2.45, 2.75) is 24.9 Å². The summed E-state index contributed by atoms with van der Waals surface area (Å²) in [6.07, 6.45) is 2.63.